The molecule has 2 aromatic rings. The van der Waals surface area contributed by atoms with E-state index in [0.29, 0.717) is 5.41 Å². The molecule has 0 bridgehead atoms. The van der Waals surface area contributed by atoms with Gasteiger partial charge in [-0.3, -0.25) is 0 Å². The summed E-state index contributed by atoms with van der Waals surface area (Å²) >= 11 is -1.59. The molecule has 4 heteroatoms. The quantitative estimate of drug-likeness (QED) is 0.245. The van der Waals surface area contributed by atoms with E-state index in [1.165, 1.54) is 33.4 Å². The van der Waals surface area contributed by atoms with E-state index in [4.69, 9.17) is 17.0 Å². The van der Waals surface area contributed by atoms with Crippen molar-refractivity contribution < 1.29 is 16.2 Å². The zero-order valence-corrected chi connectivity index (χ0v) is 23.6. The molecule has 0 unspecified atom stereocenters. The summed E-state index contributed by atoms with van der Waals surface area (Å²) in [4.78, 5) is 0. The van der Waals surface area contributed by atoms with Crippen LogP contribution in [0.3, 0.4) is 0 Å². The first-order valence-corrected chi connectivity index (χ1v) is 26.6. The summed E-state index contributed by atoms with van der Waals surface area (Å²) in [5.74, 6) is 4.46. The molecule has 0 aliphatic heterocycles. The van der Waals surface area contributed by atoms with E-state index >= 15 is 0 Å². The Hall–Kier alpha value is 0.706. The fraction of sp³-hybridized carbons (Fsp3) is 0.524. The summed E-state index contributed by atoms with van der Waals surface area (Å²) in [5.41, 5.74) is 8.78. The topological polar surface area (TPSA) is 0 Å². The van der Waals surface area contributed by atoms with Crippen molar-refractivity contribution >= 4 is 27.0 Å². The molecule has 0 spiro atoms. The van der Waals surface area contributed by atoms with Crippen molar-refractivity contribution in [2.45, 2.75) is 72.3 Å². The van der Waals surface area contributed by atoms with Crippen LogP contribution < -0.4 is 0 Å². The molecule has 0 nitrogen and oxygen atoms in total. The first-order valence-electron chi connectivity index (χ1n) is 8.69. The van der Waals surface area contributed by atoms with Gasteiger partial charge in [0, 0.05) is 0 Å². The molecular weight excluding hydrogens is 487 g/mol. The van der Waals surface area contributed by atoms with Gasteiger partial charge in [0.05, 0.1) is 0 Å². The van der Waals surface area contributed by atoms with Crippen molar-refractivity contribution in [3.63, 3.8) is 0 Å². The maximum atomic E-state index is 5.65. The SMILES string of the molecule is Cc1cc(C(C)(C)C)c(C)[cH-]1.Cc1cc(C)c(C)[cH-]1.[CH3][Ge]([CH3])=[Zr]([Cl])[Cl]. The third-order valence-electron chi connectivity index (χ3n) is 3.94. The van der Waals surface area contributed by atoms with Crippen molar-refractivity contribution in [3.05, 3.63) is 57.6 Å². The molecule has 0 heterocycles. The molecule has 0 aliphatic carbocycles. The average molecular weight is 521 g/mol. The van der Waals surface area contributed by atoms with Crippen molar-refractivity contribution in [2.24, 2.45) is 0 Å². The Morgan fingerprint density at radius 1 is 0.840 bits per heavy atom. The van der Waals surface area contributed by atoms with E-state index in [9.17, 15) is 0 Å². The van der Waals surface area contributed by atoms with Gasteiger partial charge < -0.3 is 0 Å². The van der Waals surface area contributed by atoms with Crippen LogP contribution in [-0.4, -0.2) is 9.98 Å². The molecule has 0 N–H and O–H groups in total. The zero-order valence-electron chi connectivity index (χ0n) is 17.6. The van der Waals surface area contributed by atoms with E-state index in [-0.39, 0.29) is 0 Å². The summed E-state index contributed by atoms with van der Waals surface area (Å²) in [7, 11) is 10.6. The average Bonchev–Trinajstić information content (AvgIpc) is 2.92. The number of halogens is 2. The van der Waals surface area contributed by atoms with Crippen molar-refractivity contribution in [1.29, 1.82) is 0 Å². The van der Waals surface area contributed by atoms with Crippen molar-refractivity contribution in [2.75, 3.05) is 0 Å². The molecule has 0 amide bonds. The first kappa shape index (κ1) is 25.7. The van der Waals surface area contributed by atoms with E-state index in [1.54, 1.807) is 0 Å². The van der Waals surface area contributed by atoms with Gasteiger partial charge in [0.1, 0.15) is 0 Å². The van der Waals surface area contributed by atoms with Gasteiger partial charge in [-0.25, -0.2) is 12.1 Å². The van der Waals surface area contributed by atoms with E-state index in [1.807, 2.05) is 0 Å². The molecule has 0 fully saturated rings. The number of hydrogen-bond acceptors (Lipinski definition) is 0. The Labute approximate surface area is 171 Å². The van der Waals surface area contributed by atoms with Crippen LogP contribution in [0.25, 0.3) is 0 Å². The Balaban J connectivity index is 0.000000365. The second-order valence-corrected chi connectivity index (χ2v) is 46.0. The summed E-state index contributed by atoms with van der Waals surface area (Å²) in [5, 5.41) is 0. The van der Waals surface area contributed by atoms with Crippen LogP contribution in [0.15, 0.2) is 24.3 Å². The molecule has 0 aliphatic rings. The van der Waals surface area contributed by atoms with Crippen LogP contribution in [-0.2, 0) is 21.7 Å². The second-order valence-electron chi connectivity index (χ2n) is 8.04. The van der Waals surface area contributed by atoms with Gasteiger partial charge in [-0.1, -0.05) is 60.8 Å². The Kier molecular flexibility index (Phi) is 11.9. The molecule has 2 aromatic carbocycles. The van der Waals surface area contributed by atoms with Crippen LogP contribution in [0.1, 0.15) is 54.2 Å². The third-order valence-corrected chi connectivity index (χ3v) is 38.4. The standard InChI is InChI=1S/C11H17.C8H11.C2H6Ge.2ClH.Zr/c1-8-6-9(2)10(7-8)11(3,4)5;1-6-4-7(2)8(3)5-6;1-3-2;;;/h6-7H,1-5H3;4-5H,1-3H3;1-2H3;2*1H;/q2*-1;;;;+2/p-2. The fourth-order valence-electron chi connectivity index (χ4n) is 2.56. The van der Waals surface area contributed by atoms with Gasteiger partial charge in [-0.05, 0) is 0 Å². The van der Waals surface area contributed by atoms with Crippen LogP contribution in [0, 0.1) is 34.6 Å². The number of rotatable bonds is 0. The molecular formula is C21H34Cl2GeZr-2. The molecule has 25 heavy (non-hydrogen) atoms. The summed E-state index contributed by atoms with van der Waals surface area (Å²) < 4.78 is 0. The van der Waals surface area contributed by atoms with Gasteiger partial charge in [0.2, 0.25) is 0 Å². The van der Waals surface area contributed by atoms with E-state index < -0.39 is 26.2 Å². The molecule has 0 saturated heterocycles. The molecule has 142 valence electrons. The predicted octanol–water partition coefficient (Wildman–Crippen LogP) is 7.81. The Morgan fingerprint density at radius 3 is 1.36 bits per heavy atom. The minimum absolute atomic E-state index is 0.304. The molecule has 0 aromatic heterocycles. The third kappa shape index (κ3) is 10.6. The molecule has 2 rings (SSSR count). The van der Waals surface area contributed by atoms with Crippen LogP contribution in [0.4, 0.5) is 0 Å². The van der Waals surface area contributed by atoms with Gasteiger partial charge in [-0.2, -0.15) is 45.5 Å². The number of aryl methyl sites for hydroxylation is 5. The number of hydrogen-bond donors (Lipinski definition) is 0. The monoisotopic (exact) mass is 520 g/mol. The summed E-state index contributed by atoms with van der Waals surface area (Å²) in [6.07, 6.45) is 0. The van der Waals surface area contributed by atoms with E-state index in [2.05, 4.69) is 91.2 Å². The van der Waals surface area contributed by atoms with Crippen molar-refractivity contribution in [3.8, 4) is 0 Å². The minimum atomic E-state index is -1.59. The van der Waals surface area contributed by atoms with Gasteiger partial charge in [0.25, 0.3) is 0 Å². The second kappa shape index (κ2) is 11.5. The molecule has 0 atom stereocenters. The van der Waals surface area contributed by atoms with Crippen molar-refractivity contribution in [1.82, 2.24) is 0 Å². The van der Waals surface area contributed by atoms with Gasteiger partial charge in [0.15, 0.2) is 0 Å². The van der Waals surface area contributed by atoms with Gasteiger partial charge in [-0.15, -0.1) is 0 Å². The predicted molar refractivity (Wildman–Crippen MR) is 116 cm³/mol. The fourth-order valence-corrected chi connectivity index (χ4v) is 2.56. The first-order chi connectivity index (χ1) is 11.3. The molecule has 0 radical (unpaired) electrons. The van der Waals surface area contributed by atoms with Crippen LogP contribution in [0.2, 0.25) is 11.5 Å². The summed E-state index contributed by atoms with van der Waals surface area (Å²) in [6, 6.07) is 8.95. The van der Waals surface area contributed by atoms with Gasteiger partial charge >= 0.3 is 54.8 Å². The zero-order chi connectivity index (χ0) is 19.9. The van der Waals surface area contributed by atoms with Crippen LogP contribution in [0.5, 0.6) is 0 Å². The summed E-state index contributed by atoms with van der Waals surface area (Å²) in [6.45, 7) is 17.5. The maximum absolute atomic E-state index is 5.65. The Bertz CT molecular complexity index is 663. The normalized spacial score (nSPS) is 10.4. The Morgan fingerprint density at radius 2 is 1.24 bits per heavy atom. The molecule has 0 saturated carbocycles. The van der Waals surface area contributed by atoms with Crippen LogP contribution >= 0.6 is 17.0 Å². The van der Waals surface area contributed by atoms with E-state index in [0.717, 1.165) is 0 Å².